The van der Waals surface area contributed by atoms with E-state index in [1.807, 2.05) is 20.8 Å². The van der Waals surface area contributed by atoms with Crippen molar-refractivity contribution in [2.75, 3.05) is 26.2 Å². The van der Waals surface area contributed by atoms with Crippen molar-refractivity contribution in [2.45, 2.75) is 52.1 Å². The van der Waals surface area contributed by atoms with Crippen molar-refractivity contribution in [1.29, 1.82) is 0 Å². The van der Waals surface area contributed by atoms with Gasteiger partial charge in [0, 0.05) is 13.1 Å². The van der Waals surface area contributed by atoms with Crippen molar-refractivity contribution in [2.24, 2.45) is 11.8 Å². The van der Waals surface area contributed by atoms with E-state index in [2.05, 4.69) is 5.32 Å². The molecule has 2 saturated heterocycles. The molecule has 0 spiro atoms. The Morgan fingerprint density at radius 1 is 1.05 bits per heavy atom. The highest BCUT2D eigenvalue weighted by atomic mass is 16.8. The molecule has 2 aliphatic rings. The first-order chi connectivity index (χ1) is 9.44. The van der Waals surface area contributed by atoms with Gasteiger partial charge in [0.05, 0.1) is 0 Å². The lowest BCUT2D eigenvalue weighted by atomic mass is 9.79. The minimum atomic E-state index is -0.585. The van der Waals surface area contributed by atoms with Crippen molar-refractivity contribution in [3.8, 4) is 0 Å². The number of carbonyl (C=O) groups excluding carboxylic acids is 1. The molecule has 0 aromatic carbocycles. The molecule has 0 bridgehead atoms. The fourth-order valence-corrected chi connectivity index (χ4v) is 3.13. The molecule has 5 heteroatoms. The van der Waals surface area contributed by atoms with E-state index in [9.17, 15) is 4.79 Å². The zero-order valence-electron chi connectivity index (χ0n) is 13.0. The van der Waals surface area contributed by atoms with Crippen LogP contribution in [0.5, 0.6) is 0 Å². The number of hydroxylamine groups is 2. The van der Waals surface area contributed by atoms with Crippen LogP contribution < -0.4 is 5.32 Å². The summed E-state index contributed by atoms with van der Waals surface area (Å²) in [6, 6.07) is 0. The third-order valence-electron chi connectivity index (χ3n) is 4.14. The van der Waals surface area contributed by atoms with Gasteiger partial charge in [0.1, 0.15) is 5.60 Å². The molecule has 0 unspecified atom stereocenters. The molecule has 0 saturated carbocycles. The molecule has 2 fully saturated rings. The van der Waals surface area contributed by atoms with Crippen molar-refractivity contribution in [1.82, 2.24) is 10.4 Å². The molecule has 1 N–H and O–H groups in total. The summed E-state index contributed by atoms with van der Waals surface area (Å²) in [7, 11) is 0. The fourth-order valence-electron chi connectivity index (χ4n) is 3.13. The summed E-state index contributed by atoms with van der Waals surface area (Å²) in [4.78, 5) is 16.9. The second kappa shape index (κ2) is 6.76. The largest absolute Gasteiger partial charge is 0.528 e. The SMILES string of the molecule is CC(C)(C)OC(=O)ON1CCC(C2CCNCC2)CC1. The van der Waals surface area contributed by atoms with Crippen molar-refractivity contribution in [3.05, 3.63) is 0 Å². The van der Waals surface area contributed by atoms with Gasteiger partial charge >= 0.3 is 6.16 Å². The van der Waals surface area contributed by atoms with Crippen LogP contribution in [-0.2, 0) is 9.57 Å². The van der Waals surface area contributed by atoms with E-state index >= 15 is 0 Å². The molecular formula is C15H28N2O3. The zero-order valence-corrected chi connectivity index (χ0v) is 13.0. The second-order valence-corrected chi connectivity index (χ2v) is 6.91. The van der Waals surface area contributed by atoms with Gasteiger partial charge in [0.25, 0.3) is 0 Å². The van der Waals surface area contributed by atoms with Crippen molar-refractivity contribution < 1.29 is 14.4 Å². The Hall–Kier alpha value is -0.810. The number of nitrogens with zero attached hydrogens (tertiary/aromatic N) is 1. The lowest BCUT2D eigenvalue weighted by molar-refractivity contribution is -0.157. The molecule has 2 rings (SSSR count). The summed E-state index contributed by atoms with van der Waals surface area (Å²) < 4.78 is 5.17. The molecule has 2 aliphatic heterocycles. The van der Waals surface area contributed by atoms with Gasteiger partial charge in [-0.05, 0) is 71.4 Å². The number of rotatable bonds is 2. The number of ether oxygens (including phenoxy) is 1. The smallest absolute Gasteiger partial charge is 0.427 e. The third kappa shape index (κ3) is 4.94. The highest BCUT2D eigenvalue weighted by Gasteiger charge is 2.29. The minimum absolute atomic E-state index is 0.496. The molecule has 2 heterocycles. The van der Waals surface area contributed by atoms with Crippen LogP contribution in [0.3, 0.4) is 0 Å². The molecule has 0 aromatic rings. The molecule has 20 heavy (non-hydrogen) atoms. The Morgan fingerprint density at radius 2 is 1.60 bits per heavy atom. The van der Waals surface area contributed by atoms with E-state index in [1.165, 1.54) is 12.8 Å². The van der Waals surface area contributed by atoms with Gasteiger partial charge in [0.15, 0.2) is 0 Å². The van der Waals surface area contributed by atoms with Crippen LogP contribution in [0, 0.1) is 11.8 Å². The Kier molecular flexibility index (Phi) is 5.27. The molecular weight excluding hydrogens is 256 g/mol. The highest BCUT2D eigenvalue weighted by molar-refractivity contribution is 5.60. The van der Waals surface area contributed by atoms with E-state index in [0.29, 0.717) is 0 Å². The number of hydrogen-bond acceptors (Lipinski definition) is 5. The minimum Gasteiger partial charge on any atom is -0.427 e. The average Bonchev–Trinajstić information content (AvgIpc) is 2.38. The van der Waals surface area contributed by atoms with Gasteiger partial charge in [-0.1, -0.05) is 0 Å². The van der Waals surface area contributed by atoms with Crippen molar-refractivity contribution in [3.63, 3.8) is 0 Å². The number of piperidine rings is 2. The molecule has 0 amide bonds. The average molecular weight is 284 g/mol. The van der Waals surface area contributed by atoms with Crippen LogP contribution in [0.4, 0.5) is 4.79 Å². The van der Waals surface area contributed by atoms with E-state index in [-0.39, 0.29) is 0 Å². The van der Waals surface area contributed by atoms with Gasteiger partial charge in [-0.15, -0.1) is 5.06 Å². The first kappa shape index (κ1) is 15.6. The second-order valence-electron chi connectivity index (χ2n) is 6.91. The summed E-state index contributed by atoms with van der Waals surface area (Å²) in [6.07, 6.45) is 4.23. The van der Waals surface area contributed by atoms with Crippen LogP contribution in [0.15, 0.2) is 0 Å². The maximum absolute atomic E-state index is 11.6. The molecule has 0 atom stereocenters. The van der Waals surface area contributed by atoms with Crippen LogP contribution in [0.2, 0.25) is 0 Å². The van der Waals surface area contributed by atoms with Gasteiger partial charge in [-0.25, -0.2) is 4.79 Å². The van der Waals surface area contributed by atoms with E-state index < -0.39 is 11.8 Å². The summed E-state index contributed by atoms with van der Waals surface area (Å²) >= 11 is 0. The zero-order chi connectivity index (χ0) is 14.6. The third-order valence-corrected chi connectivity index (χ3v) is 4.14. The predicted molar refractivity (Wildman–Crippen MR) is 77.2 cm³/mol. The molecule has 5 nitrogen and oxygen atoms in total. The molecule has 116 valence electrons. The lowest BCUT2D eigenvalue weighted by Crippen LogP contribution is -2.41. The quantitative estimate of drug-likeness (QED) is 0.790. The van der Waals surface area contributed by atoms with Gasteiger partial charge in [0.2, 0.25) is 0 Å². The normalized spacial score (nSPS) is 23.6. The van der Waals surface area contributed by atoms with Gasteiger partial charge < -0.3 is 14.9 Å². The van der Waals surface area contributed by atoms with Crippen molar-refractivity contribution >= 4 is 6.16 Å². The van der Waals surface area contributed by atoms with Crippen LogP contribution >= 0.6 is 0 Å². The molecule has 0 radical (unpaired) electrons. The number of hydrogen-bond donors (Lipinski definition) is 1. The highest BCUT2D eigenvalue weighted by Crippen LogP contribution is 2.30. The van der Waals surface area contributed by atoms with E-state index in [0.717, 1.165) is 50.9 Å². The Labute approximate surface area is 121 Å². The van der Waals surface area contributed by atoms with E-state index in [1.54, 1.807) is 5.06 Å². The maximum atomic E-state index is 11.6. The predicted octanol–water partition coefficient (Wildman–Crippen LogP) is 2.56. The summed E-state index contributed by atoms with van der Waals surface area (Å²) in [6.45, 7) is 9.49. The van der Waals surface area contributed by atoms with Crippen LogP contribution in [0.1, 0.15) is 46.5 Å². The molecule has 0 aromatic heterocycles. The number of carbonyl (C=O) groups is 1. The standard InChI is InChI=1S/C15H28N2O3/c1-15(2,3)19-14(18)20-17-10-6-13(7-11-17)12-4-8-16-9-5-12/h12-13,16H,4-11H2,1-3H3. The lowest BCUT2D eigenvalue weighted by Gasteiger charge is -2.36. The maximum Gasteiger partial charge on any atom is 0.528 e. The summed E-state index contributed by atoms with van der Waals surface area (Å²) in [5.74, 6) is 1.63. The topological polar surface area (TPSA) is 50.8 Å². The Bertz CT molecular complexity index is 314. The summed E-state index contributed by atoms with van der Waals surface area (Å²) in [5.41, 5.74) is -0.496. The fraction of sp³-hybridized carbons (Fsp3) is 0.933. The number of nitrogens with one attached hydrogen (secondary N) is 1. The van der Waals surface area contributed by atoms with Crippen LogP contribution in [-0.4, -0.2) is 43.0 Å². The first-order valence-electron chi connectivity index (χ1n) is 7.80. The van der Waals surface area contributed by atoms with Gasteiger partial charge in [-0.2, -0.15) is 0 Å². The molecule has 0 aliphatic carbocycles. The Balaban J connectivity index is 1.70. The van der Waals surface area contributed by atoms with Crippen LogP contribution in [0.25, 0.3) is 0 Å². The summed E-state index contributed by atoms with van der Waals surface area (Å²) in [5, 5.41) is 5.17. The monoisotopic (exact) mass is 284 g/mol. The Morgan fingerprint density at radius 3 is 2.15 bits per heavy atom. The first-order valence-corrected chi connectivity index (χ1v) is 7.80. The van der Waals surface area contributed by atoms with Gasteiger partial charge in [-0.3, -0.25) is 0 Å². The van der Waals surface area contributed by atoms with E-state index in [4.69, 9.17) is 9.57 Å².